The van der Waals surface area contributed by atoms with Crippen LogP contribution in [-0.2, 0) is 0 Å². The van der Waals surface area contributed by atoms with Gasteiger partial charge in [0, 0.05) is 18.0 Å². The maximum atomic E-state index is 6.29. The monoisotopic (exact) mass is 261 g/mol. The van der Waals surface area contributed by atoms with E-state index >= 15 is 0 Å². The van der Waals surface area contributed by atoms with Crippen LogP contribution < -0.4 is 10.5 Å². The molecule has 0 saturated carbocycles. The van der Waals surface area contributed by atoms with Crippen LogP contribution in [0.3, 0.4) is 0 Å². The number of unbranched alkanes of at least 4 members (excludes halogenated alkanes) is 4. The number of para-hydroxylation sites is 1. The smallest absolute Gasteiger partial charge is 0.124 e. The van der Waals surface area contributed by atoms with Gasteiger partial charge >= 0.3 is 0 Å². The van der Waals surface area contributed by atoms with E-state index in [9.17, 15) is 0 Å². The molecule has 19 heavy (non-hydrogen) atoms. The van der Waals surface area contributed by atoms with Gasteiger partial charge in [0.15, 0.2) is 0 Å². The average Bonchev–Trinajstić information content (AvgIpc) is 2.38. The summed E-state index contributed by atoms with van der Waals surface area (Å²) in [5.41, 5.74) is 7.37. The quantitative estimate of drug-likeness (QED) is 0.760. The lowest BCUT2D eigenvalue weighted by Gasteiger charge is -2.39. The fourth-order valence-corrected chi connectivity index (χ4v) is 3.02. The van der Waals surface area contributed by atoms with Gasteiger partial charge in [-0.25, -0.2) is 0 Å². The lowest BCUT2D eigenvalue weighted by Crippen LogP contribution is -2.40. The molecule has 0 spiro atoms. The van der Waals surface area contributed by atoms with Crippen molar-refractivity contribution in [1.82, 2.24) is 0 Å². The van der Waals surface area contributed by atoms with Crippen LogP contribution in [-0.4, -0.2) is 5.60 Å². The van der Waals surface area contributed by atoms with Crippen molar-refractivity contribution in [2.75, 3.05) is 0 Å². The third kappa shape index (κ3) is 3.73. The van der Waals surface area contributed by atoms with E-state index < -0.39 is 0 Å². The number of ether oxygens (including phenoxy) is 1. The Morgan fingerprint density at radius 3 is 2.74 bits per heavy atom. The van der Waals surface area contributed by atoms with Gasteiger partial charge in [0.1, 0.15) is 11.4 Å². The van der Waals surface area contributed by atoms with Gasteiger partial charge in [-0.05, 0) is 25.8 Å². The van der Waals surface area contributed by atoms with E-state index in [1.807, 2.05) is 18.2 Å². The van der Waals surface area contributed by atoms with Crippen LogP contribution in [0, 0.1) is 0 Å². The fourth-order valence-electron chi connectivity index (χ4n) is 3.02. The Bertz CT molecular complexity index is 404. The van der Waals surface area contributed by atoms with Crippen molar-refractivity contribution in [2.24, 2.45) is 5.73 Å². The second-order valence-electron chi connectivity index (χ2n) is 6.06. The van der Waals surface area contributed by atoms with Gasteiger partial charge in [0.2, 0.25) is 0 Å². The minimum absolute atomic E-state index is 0.0833. The molecule has 0 radical (unpaired) electrons. The van der Waals surface area contributed by atoms with Crippen molar-refractivity contribution in [3.8, 4) is 5.75 Å². The summed E-state index contributed by atoms with van der Waals surface area (Å²) < 4.78 is 6.22. The Balaban J connectivity index is 1.91. The first-order valence-electron chi connectivity index (χ1n) is 7.68. The van der Waals surface area contributed by atoms with Gasteiger partial charge in [-0.2, -0.15) is 0 Å². The Kier molecular flexibility index (Phi) is 4.87. The summed E-state index contributed by atoms with van der Waals surface area (Å²) in [6.45, 7) is 4.46. The van der Waals surface area contributed by atoms with Crippen LogP contribution >= 0.6 is 0 Å². The van der Waals surface area contributed by atoms with Crippen molar-refractivity contribution in [3.63, 3.8) is 0 Å². The summed E-state index contributed by atoms with van der Waals surface area (Å²) in [5.74, 6) is 0.984. The molecule has 2 N–H and O–H groups in total. The molecule has 1 aliphatic heterocycles. The molecule has 0 amide bonds. The number of nitrogens with two attached hydrogens (primary N) is 1. The SMILES string of the molecule is CCCCCCCC1(C)CC(N)c2ccccc2O1. The van der Waals surface area contributed by atoms with Crippen LogP contribution in [0.2, 0.25) is 0 Å². The predicted octanol–water partition coefficient (Wildman–Crippen LogP) is 4.59. The van der Waals surface area contributed by atoms with Crippen LogP contribution in [0.5, 0.6) is 5.75 Å². The molecule has 0 aliphatic carbocycles. The van der Waals surface area contributed by atoms with Crippen molar-refractivity contribution in [2.45, 2.75) is 70.4 Å². The molecular formula is C17H27NO. The molecule has 2 rings (SSSR count). The van der Waals surface area contributed by atoms with Gasteiger partial charge < -0.3 is 10.5 Å². The molecule has 106 valence electrons. The molecule has 2 unspecified atom stereocenters. The summed E-state index contributed by atoms with van der Waals surface area (Å²) >= 11 is 0. The van der Waals surface area contributed by atoms with E-state index in [0.717, 1.165) is 24.2 Å². The molecular weight excluding hydrogens is 234 g/mol. The number of hydrogen-bond acceptors (Lipinski definition) is 2. The van der Waals surface area contributed by atoms with E-state index in [2.05, 4.69) is 19.9 Å². The van der Waals surface area contributed by atoms with Crippen molar-refractivity contribution in [3.05, 3.63) is 29.8 Å². The topological polar surface area (TPSA) is 35.2 Å². The molecule has 2 nitrogen and oxygen atoms in total. The molecule has 1 aliphatic rings. The fraction of sp³-hybridized carbons (Fsp3) is 0.647. The number of rotatable bonds is 6. The van der Waals surface area contributed by atoms with Gasteiger partial charge in [-0.3, -0.25) is 0 Å². The highest BCUT2D eigenvalue weighted by atomic mass is 16.5. The van der Waals surface area contributed by atoms with Gasteiger partial charge in [-0.15, -0.1) is 0 Å². The van der Waals surface area contributed by atoms with E-state index in [-0.39, 0.29) is 11.6 Å². The molecule has 2 heteroatoms. The standard InChI is InChI=1S/C17H27NO/c1-3-4-5-6-9-12-17(2)13-15(18)14-10-7-8-11-16(14)19-17/h7-8,10-11,15H,3-6,9,12-13,18H2,1-2H3. The van der Waals surface area contributed by atoms with Crippen LogP contribution in [0.25, 0.3) is 0 Å². The van der Waals surface area contributed by atoms with Crippen LogP contribution in [0.1, 0.15) is 70.4 Å². The zero-order valence-corrected chi connectivity index (χ0v) is 12.3. The minimum atomic E-state index is -0.0833. The zero-order valence-electron chi connectivity index (χ0n) is 12.3. The Labute approximate surface area is 117 Å². The van der Waals surface area contributed by atoms with Gasteiger partial charge in [0.25, 0.3) is 0 Å². The van der Waals surface area contributed by atoms with Crippen molar-refractivity contribution < 1.29 is 4.74 Å². The molecule has 0 fully saturated rings. The van der Waals surface area contributed by atoms with E-state index in [0.29, 0.717) is 0 Å². The summed E-state index contributed by atoms with van der Waals surface area (Å²) in [6, 6.07) is 8.31. The maximum Gasteiger partial charge on any atom is 0.124 e. The third-order valence-electron chi connectivity index (χ3n) is 4.14. The third-order valence-corrected chi connectivity index (χ3v) is 4.14. The largest absolute Gasteiger partial charge is 0.487 e. The highest BCUT2D eigenvalue weighted by molar-refractivity contribution is 5.38. The van der Waals surface area contributed by atoms with Gasteiger partial charge in [-0.1, -0.05) is 50.8 Å². The Morgan fingerprint density at radius 1 is 1.21 bits per heavy atom. The van der Waals surface area contributed by atoms with Crippen LogP contribution in [0.4, 0.5) is 0 Å². The molecule has 1 heterocycles. The second kappa shape index (κ2) is 6.42. The van der Waals surface area contributed by atoms with Gasteiger partial charge in [0.05, 0.1) is 0 Å². The minimum Gasteiger partial charge on any atom is -0.487 e. The summed E-state index contributed by atoms with van der Waals surface area (Å²) in [6.07, 6.45) is 8.58. The lowest BCUT2D eigenvalue weighted by atomic mass is 9.85. The van der Waals surface area contributed by atoms with E-state index in [1.54, 1.807) is 0 Å². The molecule has 1 aromatic rings. The molecule has 1 aromatic carbocycles. The lowest BCUT2D eigenvalue weighted by molar-refractivity contribution is 0.0430. The average molecular weight is 261 g/mol. The second-order valence-corrected chi connectivity index (χ2v) is 6.06. The van der Waals surface area contributed by atoms with E-state index in [4.69, 9.17) is 10.5 Å². The highest BCUT2D eigenvalue weighted by Crippen LogP contribution is 2.40. The van der Waals surface area contributed by atoms with Crippen molar-refractivity contribution >= 4 is 0 Å². The number of hydrogen-bond donors (Lipinski definition) is 1. The molecule has 2 atom stereocenters. The first-order valence-corrected chi connectivity index (χ1v) is 7.68. The Morgan fingerprint density at radius 2 is 1.95 bits per heavy atom. The Hall–Kier alpha value is -1.02. The summed E-state index contributed by atoms with van der Waals surface area (Å²) in [4.78, 5) is 0. The molecule has 0 bridgehead atoms. The van der Waals surface area contributed by atoms with Crippen molar-refractivity contribution in [1.29, 1.82) is 0 Å². The zero-order chi connectivity index (χ0) is 13.7. The summed E-state index contributed by atoms with van der Waals surface area (Å²) in [7, 11) is 0. The normalized spacial score (nSPS) is 25.7. The number of benzene rings is 1. The maximum absolute atomic E-state index is 6.29. The van der Waals surface area contributed by atoms with E-state index in [1.165, 1.54) is 32.1 Å². The van der Waals surface area contributed by atoms with Crippen LogP contribution in [0.15, 0.2) is 24.3 Å². The molecule has 0 saturated heterocycles. The number of fused-ring (bicyclic) bond motifs is 1. The predicted molar refractivity (Wildman–Crippen MR) is 80.4 cm³/mol. The first-order chi connectivity index (χ1) is 9.14. The first kappa shape index (κ1) is 14.4. The summed E-state index contributed by atoms with van der Waals surface area (Å²) in [5, 5.41) is 0. The molecule has 0 aromatic heterocycles. The highest BCUT2D eigenvalue weighted by Gasteiger charge is 2.34.